The van der Waals surface area contributed by atoms with Gasteiger partial charge in [-0.3, -0.25) is 10.1 Å². The summed E-state index contributed by atoms with van der Waals surface area (Å²) >= 11 is 1.68. The Bertz CT molecular complexity index is 1120. The van der Waals surface area contributed by atoms with Gasteiger partial charge in [0.1, 0.15) is 10.8 Å². The fraction of sp³-hybridized carbons (Fsp3) is 0.217. The van der Waals surface area contributed by atoms with Crippen LogP contribution in [0.4, 0.5) is 5.69 Å². The Hall–Kier alpha value is -2.96. The lowest BCUT2D eigenvalue weighted by atomic mass is 10.2. The van der Waals surface area contributed by atoms with Crippen molar-refractivity contribution in [2.24, 2.45) is 0 Å². The van der Waals surface area contributed by atoms with Gasteiger partial charge < -0.3 is 9.73 Å². The van der Waals surface area contributed by atoms with E-state index in [1.54, 1.807) is 17.6 Å². The number of nitrogens with one attached hydrogen (secondary N) is 2. The third-order valence-electron chi connectivity index (χ3n) is 4.81. The van der Waals surface area contributed by atoms with E-state index < -0.39 is 0 Å². The molecule has 2 heterocycles. The van der Waals surface area contributed by atoms with Gasteiger partial charge in [0.15, 0.2) is 0 Å². The predicted octanol–water partition coefficient (Wildman–Crippen LogP) is 5.54. The van der Waals surface area contributed by atoms with Crippen molar-refractivity contribution in [1.82, 2.24) is 10.3 Å². The highest BCUT2D eigenvalue weighted by Crippen LogP contribution is 2.31. The van der Waals surface area contributed by atoms with Crippen molar-refractivity contribution in [3.63, 3.8) is 0 Å². The van der Waals surface area contributed by atoms with Crippen LogP contribution in [0.25, 0.3) is 20.8 Å². The molecule has 0 bridgehead atoms. The van der Waals surface area contributed by atoms with Crippen LogP contribution in [0.5, 0.6) is 0 Å². The molecule has 6 heteroatoms. The summed E-state index contributed by atoms with van der Waals surface area (Å²) < 4.78 is 6.56. The Labute approximate surface area is 173 Å². The number of aryl methyl sites for hydroxylation is 1. The number of carbonyl (C=O) groups excluding carboxylic acids is 1. The minimum absolute atomic E-state index is 0.0456. The molecule has 0 aliphatic carbocycles. The van der Waals surface area contributed by atoms with Gasteiger partial charge in [-0.05, 0) is 74.9 Å². The smallest absolute Gasteiger partial charge is 0.241 e. The molecule has 2 N–H and O–H groups in total. The van der Waals surface area contributed by atoms with Gasteiger partial charge in [0.05, 0.1) is 28.6 Å². The first-order valence-electron chi connectivity index (χ1n) is 9.57. The maximum Gasteiger partial charge on any atom is 0.241 e. The molecule has 5 nitrogen and oxygen atoms in total. The van der Waals surface area contributed by atoms with Gasteiger partial charge in [-0.25, -0.2) is 4.98 Å². The fourth-order valence-electron chi connectivity index (χ4n) is 3.17. The van der Waals surface area contributed by atoms with E-state index in [1.807, 2.05) is 50.2 Å². The standard InChI is InChI=1S/C23H23N3O2S/c1-14-6-11-19-21(13-14)29-23(26-19)17-7-9-18(10-8-17)25-22(27)16(3)24-15(2)20-5-4-12-28-20/h4-13,15-16,24H,1-3H3,(H,25,27)/t15-,16-/m0/s1. The summed E-state index contributed by atoms with van der Waals surface area (Å²) in [4.78, 5) is 17.2. The van der Waals surface area contributed by atoms with E-state index >= 15 is 0 Å². The Balaban J connectivity index is 1.41. The van der Waals surface area contributed by atoms with Gasteiger partial charge >= 0.3 is 0 Å². The topological polar surface area (TPSA) is 67.2 Å². The minimum Gasteiger partial charge on any atom is -0.468 e. The highest BCUT2D eigenvalue weighted by Gasteiger charge is 2.18. The molecule has 0 aliphatic rings. The molecule has 0 radical (unpaired) electrons. The summed E-state index contributed by atoms with van der Waals surface area (Å²) in [5.74, 6) is 0.714. The first-order chi connectivity index (χ1) is 14.0. The van der Waals surface area contributed by atoms with E-state index in [0.29, 0.717) is 0 Å². The Morgan fingerprint density at radius 1 is 1.10 bits per heavy atom. The minimum atomic E-state index is -0.359. The van der Waals surface area contributed by atoms with Gasteiger partial charge in [-0.1, -0.05) is 6.07 Å². The lowest BCUT2D eigenvalue weighted by Crippen LogP contribution is -2.39. The van der Waals surface area contributed by atoms with Crippen molar-refractivity contribution < 1.29 is 9.21 Å². The van der Waals surface area contributed by atoms with E-state index in [1.165, 1.54) is 10.3 Å². The predicted molar refractivity (Wildman–Crippen MR) is 118 cm³/mol. The Kier molecular flexibility index (Phi) is 5.47. The zero-order valence-corrected chi connectivity index (χ0v) is 17.4. The van der Waals surface area contributed by atoms with Crippen LogP contribution in [-0.2, 0) is 4.79 Å². The first-order valence-corrected chi connectivity index (χ1v) is 10.4. The van der Waals surface area contributed by atoms with Crippen LogP contribution in [0.1, 0.15) is 31.2 Å². The van der Waals surface area contributed by atoms with Crippen LogP contribution >= 0.6 is 11.3 Å². The maximum atomic E-state index is 12.5. The SMILES string of the molecule is Cc1ccc2nc(-c3ccc(NC(=O)[C@H](C)N[C@@H](C)c4ccco4)cc3)sc2c1. The zero-order valence-electron chi connectivity index (χ0n) is 16.6. The molecule has 0 unspecified atom stereocenters. The molecule has 2 atom stereocenters. The Morgan fingerprint density at radius 3 is 2.62 bits per heavy atom. The van der Waals surface area contributed by atoms with Crippen LogP contribution in [-0.4, -0.2) is 16.9 Å². The molecule has 29 heavy (non-hydrogen) atoms. The summed E-state index contributed by atoms with van der Waals surface area (Å²) in [6.45, 7) is 5.89. The van der Waals surface area contributed by atoms with Crippen LogP contribution in [0.3, 0.4) is 0 Å². The number of thiazole rings is 1. The van der Waals surface area contributed by atoms with E-state index in [0.717, 1.165) is 27.5 Å². The molecule has 2 aromatic carbocycles. The molecule has 0 saturated heterocycles. The Morgan fingerprint density at radius 2 is 1.90 bits per heavy atom. The van der Waals surface area contributed by atoms with Crippen molar-refractivity contribution in [3.8, 4) is 10.6 Å². The lowest BCUT2D eigenvalue weighted by Gasteiger charge is -2.18. The quantitative estimate of drug-likeness (QED) is 0.442. The average Bonchev–Trinajstić information content (AvgIpc) is 3.38. The number of rotatable bonds is 6. The number of carbonyl (C=O) groups is 1. The van der Waals surface area contributed by atoms with Crippen LogP contribution in [0.2, 0.25) is 0 Å². The van der Waals surface area contributed by atoms with Crippen LogP contribution < -0.4 is 10.6 Å². The second-order valence-electron chi connectivity index (χ2n) is 7.18. The monoisotopic (exact) mass is 405 g/mol. The second-order valence-corrected chi connectivity index (χ2v) is 8.21. The summed E-state index contributed by atoms with van der Waals surface area (Å²) in [7, 11) is 0. The summed E-state index contributed by atoms with van der Waals surface area (Å²) in [5, 5.41) is 7.18. The van der Waals surface area contributed by atoms with Crippen molar-refractivity contribution >= 4 is 33.1 Å². The van der Waals surface area contributed by atoms with E-state index in [4.69, 9.17) is 9.40 Å². The largest absolute Gasteiger partial charge is 0.468 e. The summed E-state index contributed by atoms with van der Waals surface area (Å²) in [6.07, 6.45) is 1.63. The van der Waals surface area contributed by atoms with E-state index in [-0.39, 0.29) is 18.0 Å². The third-order valence-corrected chi connectivity index (χ3v) is 5.87. The lowest BCUT2D eigenvalue weighted by molar-refractivity contribution is -0.118. The van der Waals surface area contributed by atoms with Gasteiger partial charge in [0.2, 0.25) is 5.91 Å². The molecule has 1 amide bonds. The summed E-state index contributed by atoms with van der Waals surface area (Å²) in [6, 6.07) is 17.4. The van der Waals surface area contributed by atoms with Gasteiger partial charge in [-0.15, -0.1) is 11.3 Å². The number of hydrogen-bond donors (Lipinski definition) is 2. The molecule has 0 fully saturated rings. The molecule has 2 aromatic heterocycles. The van der Waals surface area contributed by atoms with Crippen molar-refractivity contribution in [3.05, 3.63) is 72.2 Å². The number of fused-ring (bicyclic) bond motifs is 1. The molecule has 0 aliphatic heterocycles. The second kappa shape index (κ2) is 8.19. The molecule has 4 aromatic rings. The van der Waals surface area contributed by atoms with Gasteiger partial charge in [-0.2, -0.15) is 0 Å². The molecule has 148 valence electrons. The number of anilines is 1. The maximum absolute atomic E-state index is 12.5. The van der Waals surface area contributed by atoms with E-state index in [9.17, 15) is 4.79 Å². The van der Waals surface area contributed by atoms with Crippen LogP contribution in [0.15, 0.2) is 65.3 Å². The highest BCUT2D eigenvalue weighted by atomic mass is 32.1. The van der Waals surface area contributed by atoms with Crippen molar-refractivity contribution in [1.29, 1.82) is 0 Å². The van der Waals surface area contributed by atoms with Crippen LogP contribution in [0, 0.1) is 6.92 Å². The molecular weight excluding hydrogens is 382 g/mol. The number of nitrogens with zero attached hydrogens (tertiary/aromatic N) is 1. The third kappa shape index (κ3) is 4.39. The van der Waals surface area contributed by atoms with E-state index in [2.05, 4.69) is 35.8 Å². The molecule has 0 spiro atoms. The van der Waals surface area contributed by atoms with Gasteiger partial charge in [0, 0.05) is 11.3 Å². The number of benzene rings is 2. The normalized spacial score (nSPS) is 13.3. The highest BCUT2D eigenvalue weighted by molar-refractivity contribution is 7.21. The number of furan rings is 1. The fourth-order valence-corrected chi connectivity index (χ4v) is 4.24. The number of aromatic nitrogens is 1. The number of hydrogen-bond acceptors (Lipinski definition) is 5. The van der Waals surface area contributed by atoms with Gasteiger partial charge in [0.25, 0.3) is 0 Å². The molecule has 0 saturated carbocycles. The average molecular weight is 406 g/mol. The number of amides is 1. The zero-order chi connectivity index (χ0) is 20.4. The molecule has 4 rings (SSSR count). The summed E-state index contributed by atoms with van der Waals surface area (Å²) in [5.41, 5.74) is 4.04. The molecular formula is C23H23N3O2S. The van der Waals surface area contributed by atoms with Crippen molar-refractivity contribution in [2.75, 3.05) is 5.32 Å². The van der Waals surface area contributed by atoms with Crippen molar-refractivity contribution in [2.45, 2.75) is 32.9 Å². The first kappa shape index (κ1) is 19.4.